The Morgan fingerprint density at radius 2 is 1.00 bits per heavy atom. The molecule has 0 rings (SSSR count). The first-order chi connectivity index (χ1) is 7.91. The molecule has 0 bridgehead atoms. The first kappa shape index (κ1) is 24.3. The van der Waals surface area contributed by atoms with Crippen LogP contribution in [-0.2, 0) is 20.2 Å². The minimum Gasteiger partial charge on any atom is -1.00 e. The van der Waals surface area contributed by atoms with E-state index in [1.54, 1.807) is 0 Å². The molecule has 0 saturated heterocycles. The van der Waals surface area contributed by atoms with Crippen molar-refractivity contribution in [3.8, 4) is 0 Å². The van der Waals surface area contributed by atoms with E-state index in [9.17, 15) is 0 Å². The SMILES string of the molecule is CCCCCCCCCCCC.O=S(O)(O)=S.[H-].[Na+]. The second-order valence-electron chi connectivity index (χ2n) is 4.28. The van der Waals surface area contributed by atoms with Crippen molar-refractivity contribution in [1.82, 2.24) is 0 Å². The maximum atomic E-state index is 9.11. The van der Waals surface area contributed by atoms with Gasteiger partial charge in [0, 0.05) is 11.2 Å². The van der Waals surface area contributed by atoms with Gasteiger partial charge >= 0.3 is 29.6 Å². The van der Waals surface area contributed by atoms with E-state index in [0.29, 0.717) is 0 Å². The summed E-state index contributed by atoms with van der Waals surface area (Å²) < 4.78 is 24.0. The Bertz CT molecular complexity index is 219. The van der Waals surface area contributed by atoms with E-state index in [0.717, 1.165) is 0 Å². The van der Waals surface area contributed by atoms with Gasteiger partial charge in [0.05, 0.1) is 0 Å². The normalized spacial score (nSPS) is 10.2. The van der Waals surface area contributed by atoms with Gasteiger partial charge in [0.2, 0.25) is 0 Å². The van der Waals surface area contributed by atoms with Crippen LogP contribution in [0.5, 0.6) is 0 Å². The van der Waals surface area contributed by atoms with E-state index in [1.165, 1.54) is 64.2 Å². The average molecular weight is 308 g/mol. The molecule has 0 aromatic rings. The zero-order valence-corrected chi connectivity index (χ0v) is 15.8. The van der Waals surface area contributed by atoms with Crippen LogP contribution < -0.4 is 29.6 Å². The molecular weight excluding hydrogens is 279 g/mol. The molecule has 6 heteroatoms. The third-order valence-corrected chi connectivity index (χ3v) is 2.46. The van der Waals surface area contributed by atoms with Crippen molar-refractivity contribution in [2.75, 3.05) is 0 Å². The maximum absolute atomic E-state index is 9.11. The van der Waals surface area contributed by atoms with Crippen LogP contribution in [0.3, 0.4) is 0 Å². The summed E-state index contributed by atoms with van der Waals surface area (Å²) in [5.74, 6) is 0. The summed E-state index contributed by atoms with van der Waals surface area (Å²) in [6.45, 7) is 4.56. The molecule has 0 unspecified atom stereocenters. The van der Waals surface area contributed by atoms with Crippen LogP contribution in [0.25, 0.3) is 0 Å². The van der Waals surface area contributed by atoms with Gasteiger partial charge in [-0.2, -0.15) is 4.21 Å². The van der Waals surface area contributed by atoms with Crippen molar-refractivity contribution in [3.63, 3.8) is 0 Å². The van der Waals surface area contributed by atoms with Gasteiger partial charge < -0.3 is 1.43 Å². The van der Waals surface area contributed by atoms with Gasteiger partial charge in [-0.3, -0.25) is 9.11 Å². The maximum Gasteiger partial charge on any atom is 1.00 e. The number of unbranched alkanes of at least 4 members (excludes halogenated alkanes) is 9. The molecule has 0 amide bonds. The molecule has 18 heavy (non-hydrogen) atoms. The molecular formula is C12H29NaO3S2. The van der Waals surface area contributed by atoms with Gasteiger partial charge in [-0.15, -0.1) is 0 Å². The van der Waals surface area contributed by atoms with Crippen molar-refractivity contribution in [3.05, 3.63) is 0 Å². The van der Waals surface area contributed by atoms with Crippen molar-refractivity contribution in [1.29, 1.82) is 0 Å². The topological polar surface area (TPSA) is 57.5 Å². The summed E-state index contributed by atoms with van der Waals surface area (Å²) in [6, 6.07) is 0. The monoisotopic (exact) mass is 308 g/mol. The molecule has 0 aromatic heterocycles. The Kier molecular flexibility index (Phi) is 24.7. The van der Waals surface area contributed by atoms with Crippen LogP contribution in [-0.4, -0.2) is 13.3 Å². The minimum absolute atomic E-state index is 0. The van der Waals surface area contributed by atoms with Crippen molar-refractivity contribution < 1.29 is 44.3 Å². The number of rotatable bonds is 9. The molecule has 0 aromatic carbocycles. The molecule has 2 N–H and O–H groups in total. The van der Waals surface area contributed by atoms with Gasteiger partial charge in [0.1, 0.15) is 0 Å². The summed E-state index contributed by atoms with van der Waals surface area (Å²) in [5, 5.41) is 0. The molecule has 0 heterocycles. The molecule has 0 radical (unpaired) electrons. The predicted molar refractivity (Wildman–Crippen MR) is 79.4 cm³/mol. The van der Waals surface area contributed by atoms with Crippen LogP contribution in [0.2, 0.25) is 0 Å². The zero-order chi connectivity index (χ0) is 13.6. The summed E-state index contributed by atoms with van der Waals surface area (Å²) in [4.78, 5) is 0. The quantitative estimate of drug-likeness (QED) is 0.503. The predicted octanol–water partition coefficient (Wildman–Crippen LogP) is 1.72. The molecule has 0 aliphatic heterocycles. The van der Waals surface area contributed by atoms with Crippen LogP contribution in [0, 0.1) is 0 Å². The van der Waals surface area contributed by atoms with Gasteiger partial charge in [-0.25, -0.2) is 0 Å². The standard InChI is InChI=1S/C12H26.Na.H2O3S2.H/c1-3-5-7-9-11-12-10-8-6-4-2;;1-5(2,3)4;/h3-12H2,1-2H3;;(H2,1,2,3,4);/q;+1;;-1. The summed E-state index contributed by atoms with van der Waals surface area (Å²) in [5.41, 5.74) is 0. The fourth-order valence-electron chi connectivity index (χ4n) is 1.56. The van der Waals surface area contributed by atoms with Gasteiger partial charge in [-0.05, 0) is 0 Å². The molecule has 0 saturated carbocycles. The third-order valence-electron chi connectivity index (χ3n) is 2.46. The molecule has 0 spiro atoms. The van der Waals surface area contributed by atoms with Crippen molar-refractivity contribution in [2.45, 2.75) is 78.1 Å². The molecule has 0 atom stereocenters. The Balaban J connectivity index is -0.000000139. The summed E-state index contributed by atoms with van der Waals surface area (Å²) >= 11 is 3.47. The van der Waals surface area contributed by atoms with E-state index < -0.39 is 9.05 Å². The van der Waals surface area contributed by atoms with Gasteiger partial charge in [-0.1, -0.05) is 78.1 Å². The largest absolute Gasteiger partial charge is 1.00 e. The van der Waals surface area contributed by atoms with Crippen LogP contribution in [0.15, 0.2) is 0 Å². The molecule has 0 fully saturated rings. The number of hydrogen-bond donors (Lipinski definition) is 2. The van der Waals surface area contributed by atoms with Crippen LogP contribution in [0.4, 0.5) is 0 Å². The summed E-state index contributed by atoms with van der Waals surface area (Å²) in [6.07, 6.45) is 14.4. The van der Waals surface area contributed by atoms with Crippen molar-refractivity contribution in [2.24, 2.45) is 0 Å². The van der Waals surface area contributed by atoms with E-state index in [1.807, 2.05) is 0 Å². The van der Waals surface area contributed by atoms with E-state index in [-0.39, 0.29) is 31.0 Å². The zero-order valence-electron chi connectivity index (χ0n) is 13.2. The fraction of sp³-hybridized carbons (Fsp3) is 1.00. The average Bonchev–Trinajstić information content (AvgIpc) is 2.20. The Morgan fingerprint density at radius 3 is 1.17 bits per heavy atom. The Labute approximate surface area is 142 Å². The number of hydrogen-bond acceptors (Lipinski definition) is 2. The van der Waals surface area contributed by atoms with Crippen molar-refractivity contribution >= 4 is 20.2 Å². The third kappa shape index (κ3) is 43.3. The summed E-state index contributed by atoms with van der Waals surface area (Å²) in [7, 11) is -3.83. The van der Waals surface area contributed by atoms with Gasteiger partial charge in [0.25, 0.3) is 9.05 Å². The van der Waals surface area contributed by atoms with E-state index in [2.05, 4.69) is 25.0 Å². The van der Waals surface area contributed by atoms with Crippen LogP contribution >= 0.6 is 0 Å². The first-order valence-electron chi connectivity index (χ1n) is 6.61. The van der Waals surface area contributed by atoms with E-state index in [4.69, 9.17) is 13.3 Å². The van der Waals surface area contributed by atoms with Gasteiger partial charge in [0.15, 0.2) is 0 Å². The smallest absolute Gasteiger partial charge is 1.00 e. The molecule has 0 aliphatic carbocycles. The van der Waals surface area contributed by atoms with E-state index >= 15 is 0 Å². The van der Waals surface area contributed by atoms with Crippen LogP contribution in [0.1, 0.15) is 79.5 Å². The minimum atomic E-state index is -3.83. The molecule has 3 nitrogen and oxygen atoms in total. The first-order valence-corrected chi connectivity index (χ1v) is 9.01. The second kappa shape index (κ2) is 18.3. The fourth-order valence-corrected chi connectivity index (χ4v) is 1.56. The Morgan fingerprint density at radius 1 is 0.833 bits per heavy atom. The molecule has 0 aliphatic rings. The Hall–Kier alpha value is 1.29. The molecule has 108 valence electrons. The second-order valence-corrected chi connectivity index (χ2v) is 6.47.